The summed E-state index contributed by atoms with van der Waals surface area (Å²) in [6.07, 6.45) is 0. The number of fused-ring (bicyclic) bond motifs is 5. The van der Waals surface area contributed by atoms with Crippen molar-refractivity contribution in [3.8, 4) is 51.0 Å². The van der Waals surface area contributed by atoms with E-state index in [9.17, 15) is 5.26 Å². The molecule has 8 aromatic rings. The molecule has 2 aromatic heterocycles. The van der Waals surface area contributed by atoms with Gasteiger partial charge in [-0.3, -0.25) is 0 Å². The minimum atomic E-state index is 0.541. The third-order valence-corrected chi connectivity index (χ3v) is 8.52. The van der Waals surface area contributed by atoms with Crippen LogP contribution in [0.25, 0.3) is 87.3 Å². The summed E-state index contributed by atoms with van der Waals surface area (Å²) in [4.78, 5) is 23.2. The number of hydrogen-bond donors (Lipinski definition) is 0. The fraction of sp³-hybridized carbons (Fsp3) is 0. The average Bonchev–Trinajstić information content (AvgIpc) is 3.17. The highest BCUT2D eigenvalue weighted by Gasteiger charge is 2.22. The van der Waals surface area contributed by atoms with Crippen LogP contribution in [0.4, 0.5) is 11.4 Å². The Labute approximate surface area is 276 Å². The number of aromatic nitrogens is 3. The highest BCUT2D eigenvalue weighted by molar-refractivity contribution is 6.24. The lowest BCUT2D eigenvalue weighted by Crippen LogP contribution is -2.00. The molecule has 8 rings (SSSR count). The summed E-state index contributed by atoms with van der Waals surface area (Å²) in [5.41, 5.74) is 10.5. The summed E-state index contributed by atoms with van der Waals surface area (Å²) < 4.78 is 0. The van der Waals surface area contributed by atoms with Gasteiger partial charge in [0.05, 0.1) is 58.4 Å². The van der Waals surface area contributed by atoms with Crippen molar-refractivity contribution in [1.29, 1.82) is 5.26 Å². The van der Waals surface area contributed by atoms with Gasteiger partial charge in [-0.05, 0) is 41.0 Å². The lowest BCUT2D eigenvalue weighted by Gasteiger charge is -2.18. The van der Waals surface area contributed by atoms with Crippen LogP contribution in [0.1, 0.15) is 5.56 Å². The van der Waals surface area contributed by atoms with Gasteiger partial charge in [-0.1, -0.05) is 109 Å². The molecule has 0 radical (unpaired) electrons. The van der Waals surface area contributed by atoms with E-state index >= 15 is 0 Å². The number of para-hydroxylation sites is 1. The van der Waals surface area contributed by atoms with Crippen LogP contribution < -0.4 is 0 Å². The Morgan fingerprint density at radius 3 is 1.65 bits per heavy atom. The number of rotatable bonds is 4. The van der Waals surface area contributed by atoms with Crippen molar-refractivity contribution in [2.45, 2.75) is 0 Å². The number of pyridine rings is 1. The minimum absolute atomic E-state index is 0.541. The van der Waals surface area contributed by atoms with E-state index in [1.54, 1.807) is 24.3 Å². The first-order valence-corrected chi connectivity index (χ1v) is 15.2. The average molecular weight is 611 g/mol. The molecule has 6 heteroatoms. The van der Waals surface area contributed by atoms with Gasteiger partial charge in [0.1, 0.15) is 0 Å². The molecule has 2 heterocycles. The Bertz CT molecular complexity index is 2660. The van der Waals surface area contributed by atoms with Crippen LogP contribution in [0, 0.1) is 24.5 Å². The van der Waals surface area contributed by atoms with Gasteiger partial charge in [0.15, 0.2) is 11.4 Å². The Morgan fingerprint density at radius 1 is 0.500 bits per heavy atom. The summed E-state index contributed by atoms with van der Waals surface area (Å²) in [6.45, 7) is 14.9. The van der Waals surface area contributed by atoms with E-state index in [1.807, 2.05) is 84.9 Å². The molecule has 0 aliphatic rings. The summed E-state index contributed by atoms with van der Waals surface area (Å²) in [5, 5.41) is 12.3. The Morgan fingerprint density at radius 2 is 1.04 bits per heavy atom. The van der Waals surface area contributed by atoms with Gasteiger partial charge in [-0.2, -0.15) is 5.26 Å². The van der Waals surface area contributed by atoms with Crippen LogP contribution in [0.15, 0.2) is 133 Å². The van der Waals surface area contributed by atoms with Gasteiger partial charge in [-0.25, -0.2) is 24.6 Å². The smallest absolute Gasteiger partial charge is 0.187 e. The first-order valence-electron chi connectivity index (χ1n) is 15.2. The number of nitriles is 1. The van der Waals surface area contributed by atoms with Crippen LogP contribution >= 0.6 is 0 Å². The number of hydrogen-bond acceptors (Lipinski definition) is 4. The Hall–Kier alpha value is -7.20. The highest BCUT2D eigenvalue weighted by Crippen LogP contribution is 2.43. The Kier molecular flexibility index (Phi) is 6.85. The van der Waals surface area contributed by atoms with Crippen molar-refractivity contribution < 1.29 is 0 Å². The predicted molar refractivity (Wildman–Crippen MR) is 191 cm³/mol. The van der Waals surface area contributed by atoms with E-state index in [-0.39, 0.29) is 0 Å². The van der Waals surface area contributed by atoms with Crippen molar-refractivity contribution in [1.82, 2.24) is 15.0 Å². The zero-order valence-electron chi connectivity index (χ0n) is 25.4. The summed E-state index contributed by atoms with van der Waals surface area (Å²) in [7, 11) is 0. The molecular formula is C42H22N6. The van der Waals surface area contributed by atoms with Crippen molar-refractivity contribution >= 4 is 44.1 Å². The zero-order chi connectivity index (χ0) is 32.6. The molecule has 0 bridgehead atoms. The third kappa shape index (κ3) is 4.77. The summed E-state index contributed by atoms with van der Waals surface area (Å²) in [6, 6.07) is 44.9. The second-order valence-electron chi connectivity index (χ2n) is 11.3. The normalized spacial score (nSPS) is 10.9. The molecule has 6 aromatic carbocycles. The molecule has 6 nitrogen and oxygen atoms in total. The minimum Gasteiger partial charge on any atom is -0.247 e. The first-order chi connectivity index (χ1) is 23.6. The van der Waals surface area contributed by atoms with Crippen LogP contribution in [-0.2, 0) is 0 Å². The maximum atomic E-state index is 9.51. The second kappa shape index (κ2) is 11.6. The molecule has 0 aliphatic heterocycles. The molecule has 0 N–H and O–H groups in total. The Balaban J connectivity index is 1.56. The van der Waals surface area contributed by atoms with Crippen molar-refractivity contribution in [2.24, 2.45) is 0 Å². The van der Waals surface area contributed by atoms with Gasteiger partial charge in [0.25, 0.3) is 0 Å². The molecule has 48 heavy (non-hydrogen) atoms. The van der Waals surface area contributed by atoms with Crippen LogP contribution in [-0.4, -0.2) is 15.0 Å². The maximum absolute atomic E-state index is 9.51. The topological polar surface area (TPSA) is 71.2 Å². The van der Waals surface area contributed by atoms with Gasteiger partial charge >= 0.3 is 0 Å². The molecule has 0 atom stereocenters. The van der Waals surface area contributed by atoms with Crippen molar-refractivity contribution in [3.05, 3.63) is 162 Å². The molecule has 0 fully saturated rings. The zero-order valence-corrected chi connectivity index (χ0v) is 25.4. The van der Waals surface area contributed by atoms with Crippen molar-refractivity contribution in [3.63, 3.8) is 0 Å². The molecule has 0 amide bonds. The largest absolute Gasteiger partial charge is 0.247 e. The lowest BCUT2D eigenvalue weighted by atomic mass is 9.93. The summed E-state index contributed by atoms with van der Waals surface area (Å²) in [5.74, 6) is 0. The third-order valence-electron chi connectivity index (χ3n) is 8.52. The predicted octanol–water partition coefficient (Wildman–Crippen LogP) is 11.0. The molecule has 0 spiro atoms. The van der Waals surface area contributed by atoms with E-state index in [2.05, 4.69) is 40.0 Å². The molecule has 0 unspecified atom stereocenters. The fourth-order valence-electron chi connectivity index (χ4n) is 6.18. The van der Waals surface area contributed by atoms with Gasteiger partial charge in [-0.15, -0.1) is 0 Å². The monoisotopic (exact) mass is 610 g/mol. The molecule has 220 valence electrons. The van der Waals surface area contributed by atoms with E-state index in [4.69, 9.17) is 28.1 Å². The molecule has 0 saturated carbocycles. The van der Waals surface area contributed by atoms with E-state index in [1.165, 1.54) is 0 Å². The van der Waals surface area contributed by atoms with E-state index in [0.717, 1.165) is 66.2 Å². The first kappa shape index (κ1) is 28.3. The lowest BCUT2D eigenvalue weighted by molar-refractivity contribution is 1.30. The SMILES string of the molecule is [C-]#[N+]c1ccc(-c2nc3c(-c4ccccc4)cc4c(-c5ccc([N+]#[C-])cc5)nc5ccccc5c4c3nc2-c2ccc(C#N)cc2)cc1. The quantitative estimate of drug-likeness (QED) is 0.147. The van der Waals surface area contributed by atoms with E-state index in [0.29, 0.717) is 28.3 Å². The summed E-state index contributed by atoms with van der Waals surface area (Å²) >= 11 is 0. The molecular weight excluding hydrogens is 589 g/mol. The van der Waals surface area contributed by atoms with Crippen molar-refractivity contribution in [2.75, 3.05) is 0 Å². The number of nitrogens with zero attached hydrogens (tertiary/aromatic N) is 6. The maximum Gasteiger partial charge on any atom is 0.187 e. The van der Waals surface area contributed by atoms with Crippen LogP contribution in [0.3, 0.4) is 0 Å². The van der Waals surface area contributed by atoms with Gasteiger partial charge < -0.3 is 0 Å². The van der Waals surface area contributed by atoms with Gasteiger partial charge in [0.2, 0.25) is 0 Å². The van der Waals surface area contributed by atoms with Gasteiger partial charge in [0, 0.05) is 27.3 Å². The highest BCUT2D eigenvalue weighted by atomic mass is 14.8. The van der Waals surface area contributed by atoms with Crippen LogP contribution in [0.5, 0.6) is 0 Å². The second-order valence-corrected chi connectivity index (χ2v) is 11.3. The van der Waals surface area contributed by atoms with E-state index < -0.39 is 0 Å². The van der Waals surface area contributed by atoms with Crippen LogP contribution in [0.2, 0.25) is 0 Å². The molecule has 0 saturated heterocycles. The fourth-order valence-corrected chi connectivity index (χ4v) is 6.18. The standard InChI is InChI=1S/C42H22N6/c1-44-31-20-16-28(17-21-31)38-35-24-34(27-8-4-3-5-9-27)41-42(37(35)33-10-6-7-11-36(33)46-38)48-40(29-14-12-26(25-43)13-15-29)39(47-41)30-18-22-32(45-2)23-19-30/h3-24H. The molecule has 0 aliphatic carbocycles. The number of benzene rings is 6.